The van der Waals surface area contributed by atoms with Crippen molar-refractivity contribution in [3.63, 3.8) is 0 Å². The van der Waals surface area contributed by atoms with Gasteiger partial charge in [-0.3, -0.25) is 4.79 Å². The van der Waals surface area contributed by atoms with Crippen molar-refractivity contribution in [2.75, 3.05) is 7.05 Å². The van der Waals surface area contributed by atoms with Gasteiger partial charge in [0.25, 0.3) is 0 Å². The van der Waals surface area contributed by atoms with E-state index in [1.54, 1.807) is 7.05 Å². The molecular formula is C4H6N4O2S. The lowest BCUT2D eigenvalue weighted by Gasteiger charge is -2.03. The zero-order chi connectivity index (χ0) is 8.27. The summed E-state index contributed by atoms with van der Waals surface area (Å²) in [6.07, 6.45) is 0. The smallest absolute Gasteiger partial charge is 0.328 e. The average molecular weight is 174 g/mol. The minimum absolute atomic E-state index is 0.361. The van der Waals surface area contributed by atoms with Gasteiger partial charge in [0.05, 0.1) is 0 Å². The first-order valence-corrected chi connectivity index (χ1v) is 3.58. The Balaban J connectivity index is 2.79. The maximum Gasteiger partial charge on any atom is 0.328 e. The normalized spacial score (nSPS) is 12.8. The molecule has 1 atom stereocenters. The van der Waals surface area contributed by atoms with Gasteiger partial charge in [-0.1, -0.05) is 4.49 Å². The van der Waals surface area contributed by atoms with Crippen molar-refractivity contribution in [1.29, 1.82) is 0 Å². The van der Waals surface area contributed by atoms with Gasteiger partial charge in [-0.25, -0.2) is 0 Å². The largest absolute Gasteiger partial charge is 0.480 e. The van der Waals surface area contributed by atoms with Crippen LogP contribution in [-0.4, -0.2) is 32.9 Å². The summed E-state index contributed by atoms with van der Waals surface area (Å²) in [4.78, 5) is 10.5. The predicted molar refractivity (Wildman–Crippen MR) is 37.1 cm³/mol. The fraction of sp³-hybridized carbons (Fsp3) is 0.500. The number of hydrogen-bond donors (Lipinski definition) is 2. The second kappa shape index (κ2) is 3.35. The van der Waals surface area contributed by atoms with Gasteiger partial charge in [-0.2, -0.15) is 0 Å². The van der Waals surface area contributed by atoms with E-state index in [0.717, 1.165) is 11.5 Å². The number of carboxylic acid groups (broad SMARTS) is 1. The topological polar surface area (TPSA) is 88.0 Å². The monoisotopic (exact) mass is 174 g/mol. The Morgan fingerprint density at radius 3 is 2.91 bits per heavy atom. The Labute approximate surface area is 66.4 Å². The highest BCUT2D eigenvalue weighted by Gasteiger charge is 2.20. The number of hydrogen-bond acceptors (Lipinski definition) is 6. The number of aromatic nitrogens is 3. The molecule has 1 aromatic rings. The molecule has 1 rings (SSSR count). The minimum atomic E-state index is -0.981. The van der Waals surface area contributed by atoms with Gasteiger partial charge >= 0.3 is 5.97 Å². The van der Waals surface area contributed by atoms with Crippen LogP contribution in [-0.2, 0) is 4.79 Å². The van der Waals surface area contributed by atoms with Gasteiger partial charge in [0.1, 0.15) is 0 Å². The predicted octanol–water partition coefficient (Wildman–Crippen LogP) is -0.722. The molecule has 11 heavy (non-hydrogen) atoms. The van der Waals surface area contributed by atoms with Crippen LogP contribution < -0.4 is 5.32 Å². The molecule has 0 aromatic carbocycles. The number of carboxylic acids is 1. The molecule has 0 fully saturated rings. The van der Waals surface area contributed by atoms with Crippen molar-refractivity contribution < 1.29 is 9.90 Å². The quantitative estimate of drug-likeness (QED) is 0.628. The molecule has 60 valence electrons. The molecule has 1 aromatic heterocycles. The van der Waals surface area contributed by atoms with Crippen molar-refractivity contribution in [2.45, 2.75) is 6.04 Å². The van der Waals surface area contributed by atoms with Crippen LogP contribution in [0.2, 0.25) is 0 Å². The van der Waals surface area contributed by atoms with E-state index in [1.807, 2.05) is 0 Å². The summed E-state index contributed by atoms with van der Waals surface area (Å²) >= 11 is 0.968. The number of rotatable bonds is 3. The summed E-state index contributed by atoms with van der Waals surface area (Å²) in [6, 6.07) is -0.796. The van der Waals surface area contributed by atoms with Gasteiger partial charge < -0.3 is 10.4 Å². The molecule has 0 aliphatic carbocycles. The molecule has 1 heterocycles. The molecule has 0 radical (unpaired) electrons. The molecule has 2 N–H and O–H groups in total. The first kappa shape index (κ1) is 8.02. The number of nitrogens with one attached hydrogen (secondary N) is 1. The van der Waals surface area contributed by atoms with E-state index in [1.165, 1.54) is 0 Å². The molecule has 6 nitrogen and oxygen atoms in total. The van der Waals surface area contributed by atoms with E-state index in [9.17, 15) is 4.79 Å². The Kier molecular flexibility index (Phi) is 2.44. The summed E-state index contributed by atoms with van der Waals surface area (Å²) in [5, 5.41) is 18.3. The molecule has 0 amide bonds. The lowest BCUT2D eigenvalue weighted by molar-refractivity contribution is -0.139. The molecule has 0 saturated carbocycles. The lowest BCUT2D eigenvalue weighted by atomic mass is 10.3. The van der Waals surface area contributed by atoms with Gasteiger partial charge in [-0.05, 0) is 12.3 Å². The Hall–Kier alpha value is -1.08. The van der Waals surface area contributed by atoms with Gasteiger partial charge in [0.15, 0.2) is 11.0 Å². The highest BCUT2D eigenvalue weighted by atomic mass is 32.1. The third-order valence-electron chi connectivity index (χ3n) is 1.10. The maximum absolute atomic E-state index is 10.5. The molecule has 0 bridgehead atoms. The lowest BCUT2D eigenvalue weighted by Crippen LogP contribution is -2.24. The first-order chi connectivity index (χ1) is 5.25. The fourth-order valence-electron chi connectivity index (χ4n) is 0.604. The van der Waals surface area contributed by atoms with E-state index in [0.29, 0.717) is 5.01 Å². The number of aliphatic carboxylic acids is 1. The van der Waals surface area contributed by atoms with E-state index < -0.39 is 12.0 Å². The first-order valence-electron chi connectivity index (χ1n) is 2.80. The number of nitrogens with zero attached hydrogens (tertiary/aromatic N) is 3. The van der Waals surface area contributed by atoms with Crippen molar-refractivity contribution in [3.05, 3.63) is 5.01 Å². The number of carbonyl (C=O) groups is 1. The van der Waals surface area contributed by atoms with Crippen molar-refractivity contribution >= 4 is 17.5 Å². The van der Waals surface area contributed by atoms with E-state index in [-0.39, 0.29) is 0 Å². The summed E-state index contributed by atoms with van der Waals surface area (Å²) in [5.41, 5.74) is 0. The second-order valence-corrected chi connectivity index (χ2v) is 2.52. The minimum Gasteiger partial charge on any atom is -0.480 e. The Morgan fingerprint density at radius 1 is 1.82 bits per heavy atom. The molecule has 0 saturated heterocycles. The Morgan fingerprint density at radius 2 is 2.55 bits per heavy atom. The third-order valence-corrected chi connectivity index (χ3v) is 1.76. The van der Waals surface area contributed by atoms with Crippen LogP contribution in [0.1, 0.15) is 11.0 Å². The summed E-state index contributed by atoms with van der Waals surface area (Å²) in [6.45, 7) is 0. The molecule has 0 spiro atoms. The van der Waals surface area contributed by atoms with Crippen LogP contribution in [0, 0.1) is 0 Å². The Bertz CT molecular complexity index is 236. The molecule has 1 unspecified atom stereocenters. The molecular weight excluding hydrogens is 168 g/mol. The fourth-order valence-corrected chi connectivity index (χ4v) is 1.16. The molecule has 0 aliphatic rings. The van der Waals surface area contributed by atoms with E-state index in [4.69, 9.17) is 5.11 Å². The van der Waals surface area contributed by atoms with E-state index >= 15 is 0 Å². The standard InChI is InChI=1S/C4H6N4O2S/c1-5-2(4(9)10)3-6-7-8-11-3/h2,5H,1H3,(H,9,10). The molecule has 7 heteroatoms. The van der Waals surface area contributed by atoms with E-state index in [2.05, 4.69) is 20.1 Å². The van der Waals surface area contributed by atoms with Crippen molar-refractivity contribution in [1.82, 2.24) is 20.1 Å². The van der Waals surface area contributed by atoms with Crippen LogP contribution in [0.15, 0.2) is 0 Å². The maximum atomic E-state index is 10.5. The third kappa shape index (κ3) is 1.69. The van der Waals surface area contributed by atoms with Crippen LogP contribution in [0.3, 0.4) is 0 Å². The zero-order valence-corrected chi connectivity index (χ0v) is 6.50. The highest BCUT2D eigenvalue weighted by Crippen LogP contribution is 2.10. The summed E-state index contributed by atoms with van der Waals surface area (Å²) in [5.74, 6) is -0.981. The summed E-state index contributed by atoms with van der Waals surface area (Å²) < 4.78 is 3.45. The van der Waals surface area contributed by atoms with Gasteiger partial charge in [-0.15, -0.1) is 5.10 Å². The average Bonchev–Trinajstić information content (AvgIpc) is 2.40. The highest BCUT2D eigenvalue weighted by molar-refractivity contribution is 7.05. The zero-order valence-electron chi connectivity index (χ0n) is 5.68. The number of likely N-dealkylation sites (N-methyl/N-ethyl adjacent to an activating group) is 1. The summed E-state index contributed by atoms with van der Waals surface area (Å²) in [7, 11) is 1.54. The molecule has 0 aliphatic heterocycles. The van der Waals surface area contributed by atoms with Crippen molar-refractivity contribution in [2.24, 2.45) is 0 Å². The van der Waals surface area contributed by atoms with Gasteiger partial charge in [0.2, 0.25) is 0 Å². The van der Waals surface area contributed by atoms with Crippen LogP contribution in [0.4, 0.5) is 0 Å². The van der Waals surface area contributed by atoms with Crippen LogP contribution in [0.25, 0.3) is 0 Å². The van der Waals surface area contributed by atoms with Crippen molar-refractivity contribution in [3.8, 4) is 0 Å². The van der Waals surface area contributed by atoms with Crippen LogP contribution >= 0.6 is 11.5 Å². The van der Waals surface area contributed by atoms with Gasteiger partial charge in [0, 0.05) is 11.5 Å². The second-order valence-electron chi connectivity index (χ2n) is 1.76. The van der Waals surface area contributed by atoms with Crippen LogP contribution in [0.5, 0.6) is 0 Å². The SMILES string of the molecule is CNC(C(=O)O)c1nnns1.